The van der Waals surface area contributed by atoms with E-state index in [4.69, 9.17) is 0 Å². The summed E-state index contributed by atoms with van der Waals surface area (Å²) in [5.74, 6) is 0.0863. The summed E-state index contributed by atoms with van der Waals surface area (Å²) >= 11 is 1.75. The van der Waals surface area contributed by atoms with Gasteiger partial charge in [0.25, 0.3) is 0 Å². The van der Waals surface area contributed by atoms with Crippen molar-refractivity contribution in [2.75, 3.05) is 20.6 Å². The first-order valence-corrected chi connectivity index (χ1v) is 9.17. The number of hydrogen-bond acceptors (Lipinski definition) is 2. The zero-order valence-electron chi connectivity index (χ0n) is 14.2. The highest BCUT2D eigenvalue weighted by Gasteiger charge is 2.23. The lowest BCUT2D eigenvalue weighted by molar-refractivity contribution is -0.890. The van der Waals surface area contributed by atoms with E-state index in [1.54, 1.807) is 11.3 Å². The highest BCUT2D eigenvalue weighted by molar-refractivity contribution is 7.10. The van der Waals surface area contributed by atoms with Gasteiger partial charge in [0.15, 0.2) is 0 Å². The van der Waals surface area contributed by atoms with Gasteiger partial charge in [-0.3, -0.25) is 4.79 Å². The van der Waals surface area contributed by atoms with Gasteiger partial charge in [0, 0.05) is 0 Å². The van der Waals surface area contributed by atoms with Crippen molar-refractivity contribution in [1.82, 2.24) is 5.32 Å². The fourth-order valence-corrected chi connectivity index (χ4v) is 3.78. The van der Waals surface area contributed by atoms with E-state index in [0.29, 0.717) is 12.6 Å². The van der Waals surface area contributed by atoms with Crippen molar-refractivity contribution in [2.24, 2.45) is 0 Å². The van der Waals surface area contributed by atoms with Gasteiger partial charge in [0.05, 0.1) is 31.4 Å². The Balaban J connectivity index is 2.03. The Morgan fingerprint density at radius 3 is 2.48 bits per heavy atom. The van der Waals surface area contributed by atoms with Crippen molar-refractivity contribution in [3.8, 4) is 0 Å². The molecule has 0 saturated carbocycles. The lowest BCUT2D eigenvalue weighted by atomic mass is 9.93. The summed E-state index contributed by atoms with van der Waals surface area (Å²) < 4.78 is 0. The fraction of sp³-hybridized carbons (Fsp3) is 0.421. The molecule has 0 radical (unpaired) electrons. The topological polar surface area (TPSA) is 33.5 Å². The van der Waals surface area contributed by atoms with Gasteiger partial charge < -0.3 is 10.2 Å². The van der Waals surface area contributed by atoms with Crippen LogP contribution >= 0.6 is 11.3 Å². The molecule has 1 aromatic carbocycles. The monoisotopic (exact) mass is 331 g/mol. The smallest absolute Gasteiger partial charge is 0.227 e. The molecule has 2 atom stereocenters. The standard InChI is InChI=1S/C19H26N2OS/c1-4-9-16(15-10-6-5-7-11-15)19(22)20-14-17(21(2)3)18-12-8-13-23-18/h5-8,10-13,16-17H,4,9,14H2,1-3H3,(H,20,22)/p+1/t16-,17-/m1/s1. The first kappa shape index (κ1) is 17.7. The normalized spacial score (nSPS) is 13.7. The minimum Gasteiger partial charge on any atom is -0.349 e. The van der Waals surface area contributed by atoms with E-state index in [0.717, 1.165) is 18.4 Å². The summed E-state index contributed by atoms with van der Waals surface area (Å²) in [6, 6.07) is 14.6. The molecule has 0 fully saturated rings. The number of thiophene rings is 1. The number of rotatable bonds is 8. The van der Waals surface area contributed by atoms with Crippen LogP contribution in [0.15, 0.2) is 47.8 Å². The van der Waals surface area contributed by atoms with E-state index < -0.39 is 0 Å². The van der Waals surface area contributed by atoms with Crippen LogP contribution in [0.3, 0.4) is 0 Å². The molecule has 0 aliphatic carbocycles. The lowest BCUT2D eigenvalue weighted by Gasteiger charge is -2.23. The van der Waals surface area contributed by atoms with Gasteiger partial charge in [-0.15, -0.1) is 11.3 Å². The maximum Gasteiger partial charge on any atom is 0.227 e. The molecule has 0 saturated heterocycles. The predicted molar refractivity (Wildman–Crippen MR) is 97.0 cm³/mol. The average Bonchev–Trinajstić information content (AvgIpc) is 3.07. The fourth-order valence-electron chi connectivity index (χ4n) is 2.83. The van der Waals surface area contributed by atoms with Crippen molar-refractivity contribution >= 4 is 17.2 Å². The SMILES string of the molecule is CCC[C@@H](C(=O)NC[C@H](c1cccs1)[NH+](C)C)c1ccccc1. The molecule has 0 aliphatic rings. The van der Waals surface area contributed by atoms with Crippen LogP contribution in [0, 0.1) is 0 Å². The second-order valence-corrected chi connectivity index (χ2v) is 7.12. The van der Waals surface area contributed by atoms with Crippen molar-refractivity contribution in [3.63, 3.8) is 0 Å². The Hall–Kier alpha value is -1.65. The molecule has 1 amide bonds. The molecular formula is C19H27N2OS+. The van der Waals surface area contributed by atoms with Crippen LogP contribution in [0.5, 0.6) is 0 Å². The van der Waals surface area contributed by atoms with Gasteiger partial charge in [-0.1, -0.05) is 49.7 Å². The van der Waals surface area contributed by atoms with Crippen LogP contribution in [0.2, 0.25) is 0 Å². The number of carbonyl (C=O) groups is 1. The molecule has 2 N–H and O–H groups in total. The molecule has 3 nitrogen and oxygen atoms in total. The summed E-state index contributed by atoms with van der Waals surface area (Å²) in [5, 5.41) is 5.28. The minimum atomic E-state index is -0.0534. The van der Waals surface area contributed by atoms with E-state index >= 15 is 0 Å². The number of hydrogen-bond donors (Lipinski definition) is 2. The Morgan fingerprint density at radius 2 is 1.91 bits per heavy atom. The van der Waals surface area contributed by atoms with Crippen LogP contribution in [-0.4, -0.2) is 26.5 Å². The molecule has 1 heterocycles. The Kier molecular flexibility index (Phi) is 6.81. The molecule has 0 spiro atoms. The largest absolute Gasteiger partial charge is 0.349 e. The Bertz CT molecular complexity index is 581. The molecule has 23 heavy (non-hydrogen) atoms. The zero-order valence-corrected chi connectivity index (χ0v) is 15.0. The Morgan fingerprint density at radius 1 is 1.17 bits per heavy atom. The molecule has 124 valence electrons. The average molecular weight is 332 g/mol. The summed E-state index contributed by atoms with van der Waals surface area (Å²) in [4.78, 5) is 15.4. The molecule has 0 bridgehead atoms. The molecule has 2 rings (SSSR count). The van der Waals surface area contributed by atoms with Gasteiger partial charge in [-0.2, -0.15) is 0 Å². The second-order valence-electron chi connectivity index (χ2n) is 6.14. The maximum atomic E-state index is 12.7. The molecule has 1 aromatic heterocycles. The van der Waals surface area contributed by atoms with Crippen molar-refractivity contribution in [3.05, 3.63) is 58.3 Å². The molecular weight excluding hydrogens is 304 g/mol. The zero-order chi connectivity index (χ0) is 16.7. The quantitative estimate of drug-likeness (QED) is 0.766. The summed E-state index contributed by atoms with van der Waals surface area (Å²) in [6.45, 7) is 2.80. The van der Waals surface area contributed by atoms with Crippen LogP contribution in [0.1, 0.15) is 42.2 Å². The Labute approximate surface area is 143 Å². The summed E-state index contributed by atoms with van der Waals surface area (Å²) in [7, 11) is 4.27. The summed E-state index contributed by atoms with van der Waals surface area (Å²) in [5.41, 5.74) is 1.11. The predicted octanol–water partition coefficient (Wildman–Crippen LogP) is 2.63. The third kappa shape index (κ3) is 4.91. The first-order chi connectivity index (χ1) is 11.1. The van der Waals surface area contributed by atoms with E-state index in [1.807, 2.05) is 30.3 Å². The summed E-state index contributed by atoms with van der Waals surface area (Å²) in [6.07, 6.45) is 1.88. The highest BCUT2D eigenvalue weighted by Crippen LogP contribution is 2.22. The number of benzene rings is 1. The molecule has 2 aromatic rings. The number of nitrogens with one attached hydrogen (secondary N) is 2. The van der Waals surface area contributed by atoms with Gasteiger partial charge in [0.1, 0.15) is 6.04 Å². The van der Waals surface area contributed by atoms with Crippen molar-refractivity contribution in [1.29, 1.82) is 0 Å². The number of likely N-dealkylation sites (N-methyl/N-ethyl adjacent to an activating group) is 1. The van der Waals surface area contributed by atoms with E-state index in [9.17, 15) is 4.79 Å². The lowest BCUT2D eigenvalue weighted by Crippen LogP contribution is -3.06. The first-order valence-electron chi connectivity index (χ1n) is 8.29. The molecule has 4 heteroatoms. The van der Waals surface area contributed by atoms with Crippen LogP contribution in [0.4, 0.5) is 0 Å². The molecule has 0 aliphatic heterocycles. The molecule has 0 unspecified atom stereocenters. The van der Waals surface area contributed by atoms with E-state index in [2.05, 4.69) is 43.8 Å². The third-order valence-electron chi connectivity index (χ3n) is 4.16. The van der Waals surface area contributed by atoms with Crippen molar-refractivity contribution < 1.29 is 9.69 Å². The van der Waals surface area contributed by atoms with Crippen molar-refractivity contribution in [2.45, 2.75) is 31.7 Å². The van der Waals surface area contributed by atoms with Crippen LogP contribution in [0.25, 0.3) is 0 Å². The maximum absolute atomic E-state index is 12.7. The van der Waals surface area contributed by atoms with E-state index in [-0.39, 0.29) is 11.8 Å². The second kappa shape index (κ2) is 8.85. The minimum absolute atomic E-state index is 0.0534. The van der Waals surface area contributed by atoms with Crippen LogP contribution < -0.4 is 10.2 Å². The third-order valence-corrected chi connectivity index (χ3v) is 5.15. The number of quaternary nitrogens is 1. The van der Waals surface area contributed by atoms with Gasteiger partial charge in [-0.25, -0.2) is 0 Å². The highest BCUT2D eigenvalue weighted by atomic mass is 32.1. The van der Waals surface area contributed by atoms with Gasteiger partial charge in [0.2, 0.25) is 5.91 Å². The van der Waals surface area contributed by atoms with Crippen LogP contribution in [-0.2, 0) is 4.79 Å². The number of carbonyl (C=O) groups excluding carboxylic acids is 1. The van der Waals surface area contributed by atoms with Gasteiger partial charge >= 0.3 is 0 Å². The number of amides is 1. The van der Waals surface area contributed by atoms with Gasteiger partial charge in [-0.05, 0) is 23.4 Å². The van der Waals surface area contributed by atoms with E-state index in [1.165, 1.54) is 9.78 Å².